The van der Waals surface area contributed by atoms with Crippen LogP contribution in [0.5, 0.6) is 0 Å². The Morgan fingerprint density at radius 3 is 2.75 bits per heavy atom. The van der Waals surface area contributed by atoms with Crippen molar-refractivity contribution in [2.45, 2.75) is 6.92 Å². The van der Waals surface area contributed by atoms with E-state index in [-0.39, 0.29) is 0 Å². The van der Waals surface area contributed by atoms with Crippen LogP contribution in [0.3, 0.4) is 0 Å². The molecule has 8 heavy (non-hydrogen) atoms. The molecule has 0 radical (unpaired) electrons. The molecule has 0 bridgehead atoms. The molecule has 1 heterocycles. The monoisotopic (exact) mass is 220 g/mol. The highest BCUT2D eigenvalue weighted by molar-refractivity contribution is 14.1. The Morgan fingerprint density at radius 2 is 2.38 bits per heavy atom. The Morgan fingerprint density at radius 1 is 1.62 bits per heavy atom. The quantitative estimate of drug-likeness (QED) is 0.617. The van der Waals surface area contributed by atoms with Crippen molar-refractivity contribution in [1.82, 2.24) is 10.2 Å². The number of aromatic nitrogens is 2. The van der Waals surface area contributed by atoms with Gasteiger partial charge in [0, 0.05) is 3.57 Å². The molecule has 0 aliphatic heterocycles. The molecule has 0 aromatic carbocycles. The number of aryl methyl sites for hydroxylation is 1. The van der Waals surface area contributed by atoms with Gasteiger partial charge in [0.2, 0.25) is 0 Å². The average molecular weight is 220 g/mol. The van der Waals surface area contributed by atoms with Crippen LogP contribution in [0.25, 0.3) is 0 Å². The average Bonchev–Trinajstić information content (AvgIpc) is 1.64. The highest BCUT2D eigenvalue weighted by Gasteiger charge is 1.85. The van der Waals surface area contributed by atoms with E-state index in [4.69, 9.17) is 0 Å². The predicted molar refractivity (Wildman–Crippen MR) is 39.5 cm³/mol. The molecular formula is C5H5IN2. The van der Waals surface area contributed by atoms with Crippen LogP contribution < -0.4 is 0 Å². The highest BCUT2D eigenvalue weighted by Crippen LogP contribution is 2.00. The van der Waals surface area contributed by atoms with E-state index in [2.05, 4.69) is 32.8 Å². The van der Waals surface area contributed by atoms with E-state index in [9.17, 15) is 0 Å². The lowest BCUT2D eigenvalue weighted by molar-refractivity contribution is 0.972. The second-order valence-electron chi connectivity index (χ2n) is 1.52. The zero-order valence-corrected chi connectivity index (χ0v) is 6.58. The normalized spacial score (nSPS) is 9.25. The van der Waals surface area contributed by atoms with Crippen molar-refractivity contribution in [3.05, 3.63) is 21.5 Å². The van der Waals surface area contributed by atoms with Crippen LogP contribution in [0.4, 0.5) is 0 Å². The first-order valence-electron chi connectivity index (χ1n) is 2.24. The zero-order valence-electron chi connectivity index (χ0n) is 4.43. The second-order valence-corrected chi connectivity index (χ2v) is 2.76. The van der Waals surface area contributed by atoms with Crippen LogP contribution in [-0.4, -0.2) is 10.2 Å². The Labute approximate surface area is 61.5 Å². The summed E-state index contributed by atoms with van der Waals surface area (Å²) in [5, 5.41) is 7.51. The van der Waals surface area contributed by atoms with Gasteiger partial charge in [-0.05, 0) is 35.6 Å². The van der Waals surface area contributed by atoms with E-state index in [1.165, 1.54) is 0 Å². The van der Waals surface area contributed by atoms with E-state index in [1.807, 2.05) is 13.0 Å². The fourth-order valence-corrected chi connectivity index (χ4v) is 1.02. The summed E-state index contributed by atoms with van der Waals surface area (Å²) in [6, 6.07) is 1.98. The van der Waals surface area contributed by atoms with Crippen molar-refractivity contribution in [3.8, 4) is 0 Å². The molecule has 0 unspecified atom stereocenters. The molecule has 0 fully saturated rings. The Balaban J connectivity index is 3.08. The van der Waals surface area contributed by atoms with Gasteiger partial charge in [0.15, 0.2) is 0 Å². The molecule has 0 aliphatic carbocycles. The van der Waals surface area contributed by atoms with Gasteiger partial charge in [-0.15, -0.1) is 0 Å². The molecule has 1 aromatic rings. The largest absolute Gasteiger partial charge is 0.158 e. The third-order valence-electron chi connectivity index (χ3n) is 0.743. The molecule has 0 aliphatic rings. The lowest BCUT2D eigenvalue weighted by Gasteiger charge is -1.87. The SMILES string of the molecule is Cc1cc(I)cnn1. The molecule has 1 rings (SSSR count). The van der Waals surface area contributed by atoms with Crippen molar-refractivity contribution in [3.63, 3.8) is 0 Å². The Bertz CT molecular complexity index is 170. The first-order chi connectivity index (χ1) is 3.79. The smallest absolute Gasteiger partial charge is 0.0629 e. The Hall–Kier alpha value is -0.190. The van der Waals surface area contributed by atoms with Crippen LogP contribution in [0.1, 0.15) is 5.69 Å². The van der Waals surface area contributed by atoms with Gasteiger partial charge in [-0.2, -0.15) is 10.2 Å². The maximum atomic E-state index is 3.79. The van der Waals surface area contributed by atoms with Crippen LogP contribution in [0, 0.1) is 10.5 Å². The summed E-state index contributed by atoms with van der Waals surface area (Å²) in [5.41, 5.74) is 0.969. The summed E-state index contributed by atoms with van der Waals surface area (Å²) in [5.74, 6) is 0. The predicted octanol–water partition coefficient (Wildman–Crippen LogP) is 1.39. The molecule has 0 saturated heterocycles. The third-order valence-corrected chi connectivity index (χ3v) is 1.33. The maximum Gasteiger partial charge on any atom is 0.0629 e. The fraction of sp³-hybridized carbons (Fsp3) is 0.200. The minimum Gasteiger partial charge on any atom is -0.158 e. The van der Waals surface area contributed by atoms with E-state index in [0.717, 1.165) is 9.26 Å². The maximum absolute atomic E-state index is 3.79. The molecule has 0 atom stereocenters. The second kappa shape index (κ2) is 2.39. The lowest BCUT2D eigenvalue weighted by atomic mass is 10.4. The number of rotatable bonds is 0. The summed E-state index contributed by atoms with van der Waals surface area (Å²) in [7, 11) is 0. The first-order valence-corrected chi connectivity index (χ1v) is 3.32. The number of hydrogen-bond acceptors (Lipinski definition) is 2. The molecule has 42 valence electrons. The van der Waals surface area contributed by atoms with Crippen molar-refractivity contribution in [2.75, 3.05) is 0 Å². The molecule has 0 saturated carbocycles. The van der Waals surface area contributed by atoms with E-state index < -0.39 is 0 Å². The van der Waals surface area contributed by atoms with Gasteiger partial charge in [-0.3, -0.25) is 0 Å². The van der Waals surface area contributed by atoms with Gasteiger partial charge in [-0.1, -0.05) is 0 Å². The number of hydrogen-bond donors (Lipinski definition) is 0. The molecule has 0 amide bonds. The van der Waals surface area contributed by atoms with Crippen molar-refractivity contribution < 1.29 is 0 Å². The molecular weight excluding hydrogens is 215 g/mol. The molecule has 0 spiro atoms. The van der Waals surface area contributed by atoms with E-state index >= 15 is 0 Å². The van der Waals surface area contributed by atoms with Gasteiger partial charge in [0.1, 0.15) is 0 Å². The zero-order chi connectivity index (χ0) is 5.98. The van der Waals surface area contributed by atoms with Gasteiger partial charge < -0.3 is 0 Å². The molecule has 1 aromatic heterocycles. The first kappa shape index (κ1) is 5.94. The lowest BCUT2D eigenvalue weighted by Crippen LogP contribution is -1.84. The summed E-state index contributed by atoms with van der Waals surface area (Å²) in [6.07, 6.45) is 1.73. The molecule has 0 N–H and O–H groups in total. The van der Waals surface area contributed by atoms with Crippen LogP contribution in [0.15, 0.2) is 12.3 Å². The standard InChI is InChI=1S/C5H5IN2/c1-4-2-5(6)3-7-8-4/h2-3H,1H3. The summed E-state index contributed by atoms with van der Waals surface area (Å²) in [4.78, 5) is 0. The summed E-state index contributed by atoms with van der Waals surface area (Å²) >= 11 is 2.20. The fourth-order valence-electron chi connectivity index (χ4n) is 0.441. The van der Waals surface area contributed by atoms with Crippen LogP contribution in [-0.2, 0) is 0 Å². The van der Waals surface area contributed by atoms with E-state index in [1.54, 1.807) is 6.20 Å². The van der Waals surface area contributed by atoms with Crippen molar-refractivity contribution >= 4 is 22.6 Å². The Kier molecular flexibility index (Phi) is 1.77. The van der Waals surface area contributed by atoms with E-state index in [0.29, 0.717) is 0 Å². The van der Waals surface area contributed by atoms with Gasteiger partial charge in [0.25, 0.3) is 0 Å². The number of halogens is 1. The molecule has 2 nitrogen and oxygen atoms in total. The van der Waals surface area contributed by atoms with Gasteiger partial charge in [-0.25, -0.2) is 0 Å². The number of nitrogens with zero attached hydrogens (tertiary/aromatic N) is 2. The summed E-state index contributed by atoms with van der Waals surface area (Å²) < 4.78 is 1.13. The summed E-state index contributed by atoms with van der Waals surface area (Å²) in [6.45, 7) is 1.93. The van der Waals surface area contributed by atoms with Crippen molar-refractivity contribution in [2.24, 2.45) is 0 Å². The third kappa shape index (κ3) is 1.40. The van der Waals surface area contributed by atoms with Crippen LogP contribution >= 0.6 is 22.6 Å². The van der Waals surface area contributed by atoms with Crippen molar-refractivity contribution in [1.29, 1.82) is 0 Å². The van der Waals surface area contributed by atoms with Crippen LogP contribution in [0.2, 0.25) is 0 Å². The highest BCUT2D eigenvalue weighted by atomic mass is 127. The molecule has 3 heteroatoms. The van der Waals surface area contributed by atoms with Gasteiger partial charge in [0.05, 0.1) is 11.9 Å². The minimum atomic E-state index is 0.969. The van der Waals surface area contributed by atoms with Gasteiger partial charge >= 0.3 is 0 Å². The minimum absolute atomic E-state index is 0.969. The topological polar surface area (TPSA) is 25.8 Å².